The lowest BCUT2D eigenvalue weighted by atomic mass is 9.82. The Bertz CT molecular complexity index is 3160. The number of rotatable bonds is 5. The molecule has 0 amide bonds. The summed E-state index contributed by atoms with van der Waals surface area (Å²) < 4.78 is 0. The zero-order valence-electron chi connectivity index (χ0n) is 31.5. The van der Waals surface area contributed by atoms with Gasteiger partial charge in [0.05, 0.1) is 5.69 Å². The van der Waals surface area contributed by atoms with E-state index in [9.17, 15) is 0 Å². The summed E-state index contributed by atoms with van der Waals surface area (Å²) in [6.45, 7) is 4.70. The smallest absolute Gasteiger partial charge is 0.0540 e. The van der Waals surface area contributed by atoms with Crippen LogP contribution in [0, 0.1) is 0 Å². The van der Waals surface area contributed by atoms with Gasteiger partial charge in [0.2, 0.25) is 0 Å². The van der Waals surface area contributed by atoms with Crippen LogP contribution in [0.4, 0.5) is 17.1 Å². The van der Waals surface area contributed by atoms with Crippen molar-refractivity contribution in [2.75, 3.05) is 4.90 Å². The molecule has 0 aliphatic heterocycles. The van der Waals surface area contributed by atoms with Gasteiger partial charge in [-0.1, -0.05) is 184 Å². The number of nitrogens with zero attached hydrogens (tertiary/aromatic N) is 1. The predicted molar refractivity (Wildman–Crippen MR) is 240 cm³/mol. The highest BCUT2D eigenvalue weighted by Crippen LogP contribution is 2.51. The second-order valence-corrected chi connectivity index (χ2v) is 15.7. The Morgan fingerprint density at radius 2 is 0.911 bits per heavy atom. The van der Waals surface area contributed by atoms with E-state index in [2.05, 4.69) is 219 Å². The Morgan fingerprint density at radius 1 is 0.339 bits per heavy atom. The minimum Gasteiger partial charge on any atom is -0.310 e. The van der Waals surface area contributed by atoms with Crippen LogP contribution in [0.3, 0.4) is 0 Å². The molecule has 0 fully saturated rings. The van der Waals surface area contributed by atoms with Crippen molar-refractivity contribution < 1.29 is 0 Å². The Balaban J connectivity index is 1.11. The molecule has 0 atom stereocenters. The van der Waals surface area contributed by atoms with Crippen LogP contribution in [0.1, 0.15) is 25.0 Å². The Kier molecular flexibility index (Phi) is 7.28. The normalized spacial score (nSPS) is 13.0. The van der Waals surface area contributed by atoms with Gasteiger partial charge >= 0.3 is 0 Å². The standard InChI is InChI=1S/C55H39N/c1-55(2)51-23-9-7-19-47(51)50-35-41(31-34-52(50)55)56(53-24-10-8-20-48(53)45-22-11-15-36-13-3-5-17-42(36)45)40-29-25-38(26-30-40)44-21-12-16-39-28-32-46-43-18-6-4-14-37(43)27-33-49(46)54(39)44/h3-35H,1-2H3. The average Bonchev–Trinajstić information content (AvgIpc) is 3.48. The molecule has 10 aromatic carbocycles. The molecule has 10 aromatic rings. The van der Waals surface area contributed by atoms with E-state index in [1.54, 1.807) is 0 Å². The number of benzene rings is 10. The van der Waals surface area contributed by atoms with E-state index in [0.29, 0.717) is 0 Å². The summed E-state index contributed by atoms with van der Waals surface area (Å²) in [6, 6.07) is 74.0. The first-order valence-corrected chi connectivity index (χ1v) is 19.6. The van der Waals surface area contributed by atoms with Gasteiger partial charge in [-0.05, 0) is 112 Å². The van der Waals surface area contributed by atoms with Crippen molar-refractivity contribution >= 4 is 60.2 Å². The molecule has 0 unspecified atom stereocenters. The van der Waals surface area contributed by atoms with Gasteiger partial charge in [0.15, 0.2) is 0 Å². The first-order valence-electron chi connectivity index (χ1n) is 19.6. The third-order valence-corrected chi connectivity index (χ3v) is 12.3. The second-order valence-electron chi connectivity index (χ2n) is 15.7. The second kappa shape index (κ2) is 12.5. The number of hydrogen-bond donors (Lipinski definition) is 0. The first-order chi connectivity index (χ1) is 27.5. The molecule has 0 spiro atoms. The molecule has 1 nitrogen and oxygen atoms in total. The Hall–Kier alpha value is -6.96. The highest BCUT2D eigenvalue weighted by molar-refractivity contribution is 6.21. The molecular weight excluding hydrogens is 675 g/mol. The monoisotopic (exact) mass is 713 g/mol. The molecule has 11 rings (SSSR count). The molecule has 0 bridgehead atoms. The molecule has 0 radical (unpaired) electrons. The van der Waals surface area contributed by atoms with Gasteiger partial charge in [0.25, 0.3) is 0 Å². The summed E-state index contributed by atoms with van der Waals surface area (Å²) in [5, 5.41) is 10.2. The summed E-state index contributed by atoms with van der Waals surface area (Å²) in [7, 11) is 0. The van der Waals surface area contributed by atoms with Gasteiger partial charge in [-0.25, -0.2) is 0 Å². The van der Waals surface area contributed by atoms with Gasteiger partial charge in [-0.15, -0.1) is 0 Å². The summed E-state index contributed by atoms with van der Waals surface area (Å²) in [5.74, 6) is 0. The van der Waals surface area contributed by atoms with Crippen molar-refractivity contribution in [1.29, 1.82) is 0 Å². The van der Waals surface area contributed by atoms with Gasteiger partial charge in [-0.3, -0.25) is 0 Å². The fourth-order valence-electron chi connectivity index (χ4n) is 9.54. The lowest BCUT2D eigenvalue weighted by Crippen LogP contribution is -2.15. The average molecular weight is 714 g/mol. The summed E-state index contributed by atoms with van der Waals surface area (Å²) in [6.07, 6.45) is 0. The molecule has 56 heavy (non-hydrogen) atoms. The van der Waals surface area contributed by atoms with Crippen molar-refractivity contribution in [2.45, 2.75) is 19.3 Å². The number of fused-ring (bicyclic) bond motifs is 9. The van der Waals surface area contributed by atoms with Crippen molar-refractivity contribution in [3.05, 3.63) is 211 Å². The number of anilines is 3. The van der Waals surface area contributed by atoms with Gasteiger partial charge < -0.3 is 4.90 Å². The van der Waals surface area contributed by atoms with Crippen LogP contribution in [0.2, 0.25) is 0 Å². The van der Waals surface area contributed by atoms with Crippen LogP contribution >= 0.6 is 0 Å². The largest absolute Gasteiger partial charge is 0.310 e. The van der Waals surface area contributed by atoms with Crippen molar-refractivity contribution in [2.24, 2.45) is 0 Å². The fraction of sp³-hybridized carbons (Fsp3) is 0.0545. The van der Waals surface area contributed by atoms with Crippen LogP contribution in [-0.4, -0.2) is 0 Å². The molecular formula is C55H39N. The van der Waals surface area contributed by atoms with Crippen LogP contribution in [-0.2, 0) is 5.41 Å². The van der Waals surface area contributed by atoms with Crippen molar-refractivity contribution in [1.82, 2.24) is 0 Å². The molecule has 0 N–H and O–H groups in total. The van der Waals surface area contributed by atoms with E-state index in [4.69, 9.17) is 0 Å². The molecule has 1 heteroatoms. The van der Waals surface area contributed by atoms with Crippen LogP contribution in [0.15, 0.2) is 200 Å². The van der Waals surface area contributed by atoms with Gasteiger partial charge in [0, 0.05) is 22.4 Å². The molecule has 264 valence electrons. The Morgan fingerprint density at radius 3 is 1.75 bits per heavy atom. The number of hydrogen-bond acceptors (Lipinski definition) is 1. The van der Waals surface area contributed by atoms with E-state index in [0.717, 1.165) is 17.1 Å². The van der Waals surface area contributed by atoms with E-state index in [1.807, 2.05) is 0 Å². The number of para-hydroxylation sites is 1. The first kappa shape index (κ1) is 32.5. The third kappa shape index (κ3) is 4.94. The van der Waals surface area contributed by atoms with E-state index in [-0.39, 0.29) is 5.41 Å². The molecule has 1 aliphatic rings. The minimum absolute atomic E-state index is 0.0628. The molecule has 0 saturated carbocycles. The van der Waals surface area contributed by atoms with Crippen LogP contribution in [0.25, 0.3) is 76.5 Å². The quantitative estimate of drug-likeness (QED) is 0.161. The predicted octanol–water partition coefficient (Wildman–Crippen LogP) is 15.4. The van der Waals surface area contributed by atoms with E-state index >= 15 is 0 Å². The lowest BCUT2D eigenvalue weighted by molar-refractivity contribution is 0.660. The summed E-state index contributed by atoms with van der Waals surface area (Å²) in [4.78, 5) is 2.46. The van der Waals surface area contributed by atoms with Crippen LogP contribution in [0.5, 0.6) is 0 Å². The van der Waals surface area contributed by atoms with Gasteiger partial charge in [0.1, 0.15) is 0 Å². The third-order valence-electron chi connectivity index (χ3n) is 12.3. The van der Waals surface area contributed by atoms with Crippen molar-refractivity contribution in [3.63, 3.8) is 0 Å². The highest BCUT2D eigenvalue weighted by atomic mass is 15.1. The molecule has 1 aliphatic carbocycles. The summed E-state index contributed by atoms with van der Waals surface area (Å²) >= 11 is 0. The maximum absolute atomic E-state index is 2.46. The van der Waals surface area contributed by atoms with Gasteiger partial charge in [-0.2, -0.15) is 0 Å². The maximum atomic E-state index is 2.46. The topological polar surface area (TPSA) is 3.24 Å². The Labute approximate surface area is 327 Å². The SMILES string of the molecule is CC1(C)c2ccccc2-c2cc(N(c3ccc(-c4cccc5ccc6c7ccccc7ccc6c45)cc3)c3ccccc3-c3cccc4ccccc34)ccc21. The lowest BCUT2D eigenvalue weighted by Gasteiger charge is -2.29. The van der Waals surface area contributed by atoms with E-state index in [1.165, 1.54) is 87.6 Å². The molecule has 0 heterocycles. The highest BCUT2D eigenvalue weighted by Gasteiger charge is 2.35. The molecule has 0 saturated heterocycles. The minimum atomic E-state index is -0.0628. The van der Waals surface area contributed by atoms with Crippen LogP contribution < -0.4 is 4.90 Å². The summed E-state index contributed by atoms with van der Waals surface area (Å²) in [5.41, 5.74) is 13.6. The zero-order chi connectivity index (χ0) is 37.4. The van der Waals surface area contributed by atoms with E-state index < -0.39 is 0 Å². The fourth-order valence-corrected chi connectivity index (χ4v) is 9.54. The maximum Gasteiger partial charge on any atom is 0.0540 e. The zero-order valence-corrected chi connectivity index (χ0v) is 31.5. The molecule has 0 aromatic heterocycles. The van der Waals surface area contributed by atoms with Crippen molar-refractivity contribution in [3.8, 4) is 33.4 Å².